The van der Waals surface area contributed by atoms with Crippen molar-refractivity contribution in [2.75, 3.05) is 52.4 Å². The number of hydrogen-bond donors (Lipinski definition) is 4. The van der Waals surface area contributed by atoms with Crippen LogP contribution in [0.5, 0.6) is 5.75 Å². The van der Waals surface area contributed by atoms with Crippen LogP contribution < -0.4 is 25.3 Å². The molecule has 0 aromatic heterocycles. The van der Waals surface area contributed by atoms with Gasteiger partial charge in [-0.15, -0.1) is 0 Å². The molecule has 12 nitrogen and oxygen atoms in total. The molecule has 0 radical (unpaired) electrons. The average molecular weight is 519 g/mol. The molecule has 6 aliphatic rings. The molecule has 6 aliphatic heterocycles. The van der Waals surface area contributed by atoms with E-state index in [4.69, 9.17) is 29.9 Å². The van der Waals surface area contributed by atoms with Crippen LogP contribution >= 0.6 is 29.1 Å². The smallest absolute Gasteiger partial charge is 0.275 e. The van der Waals surface area contributed by atoms with E-state index in [9.17, 15) is 0 Å². The Labute approximate surface area is 186 Å². The minimum absolute atomic E-state index is 0.723. The van der Waals surface area contributed by atoms with Crippen LogP contribution in [-0.4, -0.2) is 71.0 Å². The molecule has 1 spiro atoms. The van der Waals surface area contributed by atoms with Gasteiger partial charge in [-0.25, -0.2) is 18.7 Å². The maximum Gasteiger partial charge on any atom is 0.275 e. The van der Waals surface area contributed by atoms with E-state index in [1.54, 1.807) is 0 Å². The first-order chi connectivity index (χ1) is 15.0. The molecule has 0 bridgehead atoms. The lowest BCUT2D eigenvalue weighted by Crippen LogP contribution is -2.48. The van der Waals surface area contributed by atoms with Gasteiger partial charge in [0, 0.05) is 52.4 Å². The zero-order valence-electron chi connectivity index (χ0n) is 16.8. The number of rotatable bonds is 6. The Bertz CT molecular complexity index is 1070. The van der Waals surface area contributed by atoms with Crippen molar-refractivity contribution < 1.29 is 4.52 Å². The summed E-state index contributed by atoms with van der Waals surface area (Å²) in [6, 6.07) is 9.63. The van der Waals surface area contributed by atoms with Crippen LogP contribution in [0.3, 0.4) is 0 Å². The van der Waals surface area contributed by atoms with Crippen molar-refractivity contribution in [3.05, 3.63) is 30.3 Å². The molecule has 0 unspecified atom stereocenters. The van der Waals surface area contributed by atoms with Crippen molar-refractivity contribution in [3.63, 3.8) is 0 Å². The molecular weight excluding hydrogens is 494 g/mol. The molecule has 0 atom stereocenters. The summed E-state index contributed by atoms with van der Waals surface area (Å²) in [5.74, 6) is 0.723. The number of nitrogens with one attached hydrogen (secondary N) is 4. The van der Waals surface area contributed by atoms with Crippen LogP contribution in [0.4, 0.5) is 0 Å². The van der Waals surface area contributed by atoms with Gasteiger partial charge in [-0.1, -0.05) is 18.2 Å². The second kappa shape index (κ2) is 7.03. The largest absolute Gasteiger partial charge is 0.440 e. The second-order valence-electron chi connectivity index (χ2n) is 8.16. The maximum atomic E-state index is 6.09. The van der Waals surface area contributed by atoms with E-state index >= 15 is 0 Å². The summed E-state index contributed by atoms with van der Waals surface area (Å²) in [4.78, 5) is 0. The first-order valence-corrected chi connectivity index (χ1v) is 18.0. The zero-order valence-corrected chi connectivity index (χ0v) is 21.2. The monoisotopic (exact) mass is 519 g/mol. The lowest BCUT2D eigenvalue weighted by atomic mass is 10.3. The van der Waals surface area contributed by atoms with Crippen LogP contribution in [0.15, 0.2) is 43.9 Å². The molecule has 1 aromatic carbocycles. The van der Waals surface area contributed by atoms with Crippen LogP contribution in [0.2, 0.25) is 0 Å². The van der Waals surface area contributed by atoms with Crippen molar-refractivity contribution in [3.8, 4) is 5.75 Å². The summed E-state index contributed by atoms with van der Waals surface area (Å²) >= 11 is 5.79. The molecule has 5 saturated heterocycles. The normalized spacial score (nSPS) is 38.6. The molecule has 168 valence electrons. The predicted octanol–water partition coefficient (Wildman–Crippen LogP) is 2.61. The zero-order chi connectivity index (χ0) is 20.7. The van der Waals surface area contributed by atoms with Crippen molar-refractivity contribution in [1.82, 2.24) is 39.5 Å². The van der Waals surface area contributed by atoms with Crippen LogP contribution in [0.1, 0.15) is 0 Å². The van der Waals surface area contributed by atoms with Gasteiger partial charge in [0.05, 0.1) is 0 Å². The predicted molar refractivity (Wildman–Crippen MR) is 128 cm³/mol. The second-order valence-corrected chi connectivity index (χ2v) is 19.6. The van der Waals surface area contributed by atoms with E-state index in [-0.39, 0.29) is 0 Å². The minimum atomic E-state index is -2.59. The SMILES string of the molecule is S=P1(Oc2ccccc2)NNP2(=NP(N3CC3)(N3CC3)=NP(N3CC3)(N3CC3)=N2)NN1. The van der Waals surface area contributed by atoms with Gasteiger partial charge in [-0.2, -0.15) is 34.3 Å². The summed E-state index contributed by atoms with van der Waals surface area (Å²) in [6.07, 6.45) is 0. The summed E-state index contributed by atoms with van der Waals surface area (Å²) in [5.41, 5.74) is 0. The van der Waals surface area contributed by atoms with Gasteiger partial charge in [0.2, 0.25) is 22.5 Å². The first kappa shape index (κ1) is 20.4. The third-order valence-electron chi connectivity index (χ3n) is 5.63. The molecular formula is C14H25N11OP4S. The Hall–Kier alpha value is 0.0400. The van der Waals surface area contributed by atoms with Crippen molar-refractivity contribution in [2.45, 2.75) is 0 Å². The maximum absolute atomic E-state index is 6.09. The van der Waals surface area contributed by atoms with Crippen LogP contribution in [-0.2, 0) is 11.8 Å². The van der Waals surface area contributed by atoms with Gasteiger partial charge in [-0.3, -0.25) is 0 Å². The first-order valence-electron chi connectivity index (χ1n) is 10.4. The molecule has 7 rings (SSSR count). The summed E-state index contributed by atoms with van der Waals surface area (Å²) < 4.78 is 32.3. The summed E-state index contributed by atoms with van der Waals surface area (Å²) in [6.45, 7) is 5.92. The number of nitrogens with zero attached hydrogens (tertiary/aromatic N) is 7. The molecule has 5 fully saturated rings. The standard InChI is InChI=1S/C14H25N11OP4S/c31-30(26-14-4-2-1-3-5-14)17-15-27(16-18-30)19-28(22-6-7-22,23-8-9-23)21-29(20-27,24-10-11-24)25-12-13-25/h1-5,15-16H,6-13H2,(H2,17,18,31). The van der Waals surface area contributed by atoms with Gasteiger partial charge in [-0.05, 0) is 23.9 Å². The Morgan fingerprint density at radius 3 is 1.65 bits per heavy atom. The Balaban J connectivity index is 1.29. The highest BCUT2D eigenvalue weighted by Gasteiger charge is 2.57. The highest BCUT2D eigenvalue weighted by atomic mass is 32.5. The van der Waals surface area contributed by atoms with E-state index in [1.165, 1.54) is 0 Å². The third kappa shape index (κ3) is 3.60. The molecule has 31 heavy (non-hydrogen) atoms. The molecule has 0 aliphatic carbocycles. The number of benzene rings is 1. The van der Waals surface area contributed by atoms with Gasteiger partial charge in [0.15, 0.2) is 0 Å². The van der Waals surface area contributed by atoms with Gasteiger partial charge >= 0.3 is 0 Å². The van der Waals surface area contributed by atoms with Crippen LogP contribution in [0, 0.1) is 0 Å². The van der Waals surface area contributed by atoms with Gasteiger partial charge in [0.25, 0.3) is 6.57 Å². The Morgan fingerprint density at radius 2 is 1.16 bits per heavy atom. The van der Waals surface area contributed by atoms with Crippen LogP contribution in [0.25, 0.3) is 0 Å². The molecule has 17 heteroatoms. The van der Waals surface area contributed by atoms with E-state index in [0.717, 1.165) is 58.1 Å². The van der Waals surface area contributed by atoms with Crippen molar-refractivity contribution in [2.24, 2.45) is 13.5 Å². The fourth-order valence-electron chi connectivity index (χ4n) is 3.72. The van der Waals surface area contributed by atoms with Gasteiger partial charge < -0.3 is 4.52 Å². The molecule has 4 N–H and O–H groups in total. The minimum Gasteiger partial charge on any atom is -0.440 e. The Kier molecular flexibility index (Phi) is 4.63. The highest BCUT2D eigenvalue weighted by molar-refractivity contribution is 8.10. The molecule has 1 aromatic rings. The van der Waals surface area contributed by atoms with E-state index in [2.05, 4.69) is 39.5 Å². The lowest BCUT2D eigenvalue weighted by Gasteiger charge is -2.42. The molecule has 0 saturated carbocycles. The van der Waals surface area contributed by atoms with E-state index in [1.807, 2.05) is 30.3 Å². The number of hydrazine groups is 2. The quantitative estimate of drug-likeness (QED) is 0.331. The topological polar surface area (TPSA) is 106 Å². The number of hydrogen-bond acceptors (Lipinski definition) is 11. The van der Waals surface area contributed by atoms with Gasteiger partial charge in [0.1, 0.15) is 5.75 Å². The number of para-hydroxylation sites is 1. The fraction of sp³-hybridized carbons (Fsp3) is 0.571. The Morgan fingerprint density at radius 1 is 0.677 bits per heavy atom. The average Bonchev–Trinajstić information content (AvgIpc) is 3.59. The van der Waals surface area contributed by atoms with E-state index in [0.29, 0.717) is 0 Å². The summed E-state index contributed by atoms with van der Waals surface area (Å²) in [7, 11) is -6.79. The molecule has 0 amide bonds. The highest BCUT2D eigenvalue weighted by Crippen LogP contribution is 2.84. The van der Waals surface area contributed by atoms with E-state index < -0.39 is 29.1 Å². The summed E-state index contributed by atoms with van der Waals surface area (Å²) in [5, 5.41) is 13.5. The van der Waals surface area contributed by atoms with Crippen molar-refractivity contribution >= 4 is 40.9 Å². The lowest BCUT2D eigenvalue weighted by molar-refractivity contribution is 0.559. The fourth-order valence-corrected chi connectivity index (χ4v) is 20.5. The molecule has 6 heterocycles. The van der Waals surface area contributed by atoms with Crippen molar-refractivity contribution in [1.29, 1.82) is 0 Å². The third-order valence-corrected chi connectivity index (χ3v) is 19.4.